The van der Waals surface area contributed by atoms with Crippen molar-refractivity contribution in [1.29, 1.82) is 0 Å². The zero-order chi connectivity index (χ0) is 22.7. The number of benzene rings is 2. The Morgan fingerprint density at radius 1 is 1.06 bits per heavy atom. The minimum atomic E-state index is -1.06. The SMILES string of the molecule is CCOC(=O)[C@H]1C(=O)NC(N2CCN(c3ccc(Cl)cc3)CC2)=N[C@@H]1c1cccc(Cl)c1. The van der Waals surface area contributed by atoms with Crippen LogP contribution < -0.4 is 10.2 Å². The van der Waals surface area contributed by atoms with E-state index in [1.807, 2.05) is 35.2 Å². The molecule has 0 radical (unpaired) electrons. The Kier molecular flexibility index (Phi) is 6.86. The van der Waals surface area contributed by atoms with E-state index in [-0.39, 0.29) is 6.61 Å². The summed E-state index contributed by atoms with van der Waals surface area (Å²) in [5.41, 5.74) is 1.80. The average molecular weight is 475 g/mol. The Morgan fingerprint density at radius 3 is 2.41 bits per heavy atom. The van der Waals surface area contributed by atoms with Crippen molar-refractivity contribution >= 4 is 46.7 Å². The van der Waals surface area contributed by atoms with Crippen LogP contribution in [0.25, 0.3) is 0 Å². The van der Waals surface area contributed by atoms with Crippen LogP contribution in [0.3, 0.4) is 0 Å². The highest BCUT2D eigenvalue weighted by Crippen LogP contribution is 2.32. The van der Waals surface area contributed by atoms with E-state index in [9.17, 15) is 9.59 Å². The molecule has 0 aromatic heterocycles. The number of aliphatic imine (C=N–C) groups is 1. The van der Waals surface area contributed by atoms with Crippen molar-refractivity contribution in [2.45, 2.75) is 13.0 Å². The highest BCUT2D eigenvalue weighted by molar-refractivity contribution is 6.31. The molecule has 1 saturated heterocycles. The molecule has 2 aliphatic rings. The molecular formula is C23H24Cl2N4O3. The third kappa shape index (κ3) is 4.84. The molecule has 32 heavy (non-hydrogen) atoms. The van der Waals surface area contributed by atoms with Crippen molar-refractivity contribution in [3.8, 4) is 0 Å². The lowest BCUT2D eigenvalue weighted by Crippen LogP contribution is -2.57. The molecule has 4 rings (SSSR count). The van der Waals surface area contributed by atoms with E-state index in [0.29, 0.717) is 34.7 Å². The summed E-state index contributed by atoms with van der Waals surface area (Å²) in [6.45, 7) is 4.78. The molecule has 7 nitrogen and oxygen atoms in total. The lowest BCUT2D eigenvalue weighted by Gasteiger charge is -2.39. The van der Waals surface area contributed by atoms with Gasteiger partial charge in [0, 0.05) is 41.9 Å². The summed E-state index contributed by atoms with van der Waals surface area (Å²) in [5.74, 6) is -1.60. The van der Waals surface area contributed by atoms with Gasteiger partial charge in [-0.2, -0.15) is 0 Å². The molecule has 9 heteroatoms. The Balaban J connectivity index is 1.56. The van der Waals surface area contributed by atoms with Crippen molar-refractivity contribution in [3.05, 3.63) is 64.1 Å². The maximum atomic E-state index is 13.0. The minimum absolute atomic E-state index is 0.189. The molecule has 0 bridgehead atoms. The van der Waals surface area contributed by atoms with Crippen LogP contribution in [0.5, 0.6) is 0 Å². The van der Waals surface area contributed by atoms with Crippen LogP contribution >= 0.6 is 23.2 Å². The standard InChI is InChI=1S/C23H24Cl2N4O3/c1-2-32-22(31)19-20(15-4-3-5-17(25)14-15)26-23(27-21(19)30)29-12-10-28(11-13-29)18-8-6-16(24)7-9-18/h3-9,14,19-20H,2,10-13H2,1H3,(H,26,27,30)/t19-,20-/m1/s1. The van der Waals surface area contributed by atoms with Crippen molar-refractivity contribution in [3.63, 3.8) is 0 Å². The number of rotatable bonds is 4. The van der Waals surface area contributed by atoms with Gasteiger partial charge in [-0.3, -0.25) is 14.9 Å². The van der Waals surface area contributed by atoms with Crippen LogP contribution in [-0.4, -0.2) is 55.5 Å². The average Bonchev–Trinajstić information content (AvgIpc) is 2.79. The van der Waals surface area contributed by atoms with Gasteiger partial charge in [0.15, 0.2) is 5.92 Å². The normalized spacial score (nSPS) is 21.1. The molecule has 0 unspecified atom stereocenters. The zero-order valence-electron chi connectivity index (χ0n) is 17.6. The Labute approximate surface area is 196 Å². The second-order valence-electron chi connectivity index (χ2n) is 7.62. The lowest BCUT2D eigenvalue weighted by molar-refractivity contribution is -0.153. The molecule has 2 aliphatic heterocycles. The van der Waals surface area contributed by atoms with Gasteiger partial charge in [0.05, 0.1) is 6.61 Å². The largest absolute Gasteiger partial charge is 0.465 e. The van der Waals surface area contributed by atoms with Crippen LogP contribution in [0.15, 0.2) is 53.5 Å². The number of hydrogen-bond acceptors (Lipinski definition) is 6. The van der Waals surface area contributed by atoms with Gasteiger partial charge in [-0.1, -0.05) is 35.3 Å². The first-order chi connectivity index (χ1) is 15.5. The summed E-state index contributed by atoms with van der Waals surface area (Å²) >= 11 is 12.2. The van der Waals surface area contributed by atoms with Gasteiger partial charge in [-0.15, -0.1) is 0 Å². The molecule has 1 amide bonds. The number of carbonyl (C=O) groups is 2. The van der Waals surface area contributed by atoms with Gasteiger partial charge >= 0.3 is 5.97 Å². The molecule has 2 aromatic rings. The highest BCUT2D eigenvalue weighted by atomic mass is 35.5. The predicted octanol–water partition coefficient (Wildman–Crippen LogP) is 3.52. The first-order valence-electron chi connectivity index (χ1n) is 10.5. The summed E-state index contributed by atoms with van der Waals surface area (Å²) in [6, 6.07) is 14.1. The fraction of sp³-hybridized carbons (Fsp3) is 0.348. The Hall–Kier alpha value is -2.77. The second kappa shape index (κ2) is 9.79. The Bertz CT molecular complexity index is 1020. The minimum Gasteiger partial charge on any atom is -0.465 e. The Morgan fingerprint density at radius 2 is 1.75 bits per heavy atom. The van der Waals surface area contributed by atoms with Crippen LogP contribution in [0.4, 0.5) is 5.69 Å². The molecule has 0 saturated carbocycles. The molecular weight excluding hydrogens is 451 g/mol. The summed E-state index contributed by atoms with van der Waals surface area (Å²) in [4.78, 5) is 34.6. The number of guanidine groups is 1. The van der Waals surface area contributed by atoms with Gasteiger partial charge in [0.2, 0.25) is 11.9 Å². The molecule has 0 aliphatic carbocycles. The zero-order valence-corrected chi connectivity index (χ0v) is 19.1. The molecule has 2 aromatic carbocycles. The fourth-order valence-corrected chi connectivity index (χ4v) is 4.31. The molecule has 168 valence electrons. The van der Waals surface area contributed by atoms with Gasteiger partial charge < -0.3 is 14.5 Å². The predicted molar refractivity (Wildman–Crippen MR) is 125 cm³/mol. The van der Waals surface area contributed by atoms with E-state index < -0.39 is 23.8 Å². The summed E-state index contributed by atoms with van der Waals surface area (Å²) in [5, 5.41) is 4.04. The van der Waals surface area contributed by atoms with Crippen molar-refractivity contribution < 1.29 is 14.3 Å². The monoisotopic (exact) mass is 474 g/mol. The number of halogens is 2. The second-order valence-corrected chi connectivity index (χ2v) is 8.49. The number of anilines is 1. The van der Waals surface area contributed by atoms with Crippen LogP contribution in [-0.2, 0) is 14.3 Å². The summed E-state index contributed by atoms with van der Waals surface area (Å²) in [6.07, 6.45) is 0. The van der Waals surface area contributed by atoms with Crippen molar-refractivity contribution in [1.82, 2.24) is 10.2 Å². The van der Waals surface area contributed by atoms with Crippen LogP contribution in [0, 0.1) is 5.92 Å². The van der Waals surface area contributed by atoms with E-state index in [4.69, 9.17) is 32.9 Å². The van der Waals surface area contributed by atoms with Gasteiger partial charge in [0.1, 0.15) is 6.04 Å². The number of nitrogens with zero attached hydrogens (tertiary/aromatic N) is 3. The quantitative estimate of drug-likeness (QED) is 0.541. The number of piperazine rings is 1. The number of amides is 1. The summed E-state index contributed by atoms with van der Waals surface area (Å²) < 4.78 is 5.15. The van der Waals surface area contributed by atoms with E-state index >= 15 is 0 Å². The maximum absolute atomic E-state index is 13.0. The van der Waals surface area contributed by atoms with Gasteiger partial charge in [0.25, 0.3) is 0 Å². The van der Waals surface area contributed by atoms with E-state index in [1.54, 1.807) is 25.1 Å². The van der Waals surface area contributed by atoms with Crippen LogP contribution in [0.1, 0.15) is 18.5 Å². The third-order valence-electron chi connectivity index (χ3n) is 5.60. The first kappa shape index (κ1) is 22.4. The molecule has 1 fully saturated rings. The van der Waals surface area contributed by atoms with Gasteiger partial charge in [-0.05, 0) is 48.9 Å². The molecule has 1 N–H and O–H groups in total. The smallest absolute Gasteiger partial charge is 0.321 e. The fourth-order valence-electron chi connectivity index (χ4n) is 3.98. The van der Waals surface area contributed by atoms with E-state index in [2.05, 4.69) is 10.2 Å². The van der Waals surface area contributed by atoms with Gasteiger partial charge in [-0.25, -0.2) is 4.99 Å². The van der Waals surface area contributed by atoms with E-state index in [1.165, 1.54) is 0 Å². The molecule has 2 heterocycles. The maximum Gasteiger partial charge on any atom is 0.321 e. The number of carbonyl (C=O) groups excluding carboxylic acids is 2. The van der Waals surface area contributed by atoms with Crippen LogP contribution in [0.2, 0.25) is 10.0 Å². The summed E-state index contributed by atoms with van der Waals surface area (Å²) in [7, 11) is 0. The number of nitrogens with one attached hydrogen (secondary N) is 1. The number of esters is 1. The molecule has 2 atom stereocenters. The van der Waals surface area contributed by atoms with Crippen molar-refractivity contribution in [2.75, 3.05) is 37.7 Å². The topological polar surface area (TPSA) is 74.2 Å². The van der Waals surface area contributed by atoms with Crippen molar-refractivity contribution in [2.24, 2.45) is 10.9 Å². The number of hydrogen-bond donors (Lipinski definition) is 1. The number of ether oxygens (including phenoxy) is 1. The highest BCUT2D eigenvalue weighted by Gasteiger charge is 2.42. The first-order valence-corrected chi connectivity index (χ1v) is 11.3. The lowest BCUT2D eigenvalue weighted by atomic mass is 9.91. The van der Waals surface area contributed by atoms with E-state index in [0.717, 1.165) is 18.8 Å². The third-order valence-corrected chi connectivity index (χ3v) is 6.08. The molecule has 0 spiro atoms.